The number of nitrogens with one attached hydrogen (secondary N) is 1. The number of thioether (sulfide) groups is 1. The number of aryl methyl sites for hydroxylation is 2. The lowest BCUT2D eigenvalue weighted by Gasteiger charge is -2.11. The van der Waals surface area contributed by atoms with Crippen molar-refractivity contribution in [1.29, 1.82) is 0 Å². The number of hydrogen-bond acceptors (Lipinski definition) is 4. The van der Waals surface area contributed by atoms with Gasteiger partial charge in [0.25, 0.3) is 0 Å². The predicted octanol–water partition coefficient (Wildman–Crippen LogP) is 5.66. The van der Waals surface area contributed by atoms with Gasteiger partial charge >= 0.3 is 8.25 Å². The number of benzene rings is 2. The van der Waals surface area contributed by atoms with Gasteiger partial charge < -0.3 is 14.7 Å². The highest BCUT2D eigenvalue weighted by atomic mass is 32.2. The molecule has 0 saturated carbocycles. The average molecular weight is 458 g/mol. The van der Waals surface area contributed by atoms with E-state index in [-0.39, 0.29) is 18.2 Å². The molecule has 0 aliphatic carbocycles. The normalized spacial score (nSPS) is 12.3. The first-order valence-electron chi connectivity index (χ1n) is 10.2. The van der Waals surface area contributed by atoms with Gasteiger partial charge in [0.05, 0.1) is 6.61 Å². The minimum absolute atomic E-state index is 0.202. The van der Waals surface area contributed by atoms with Crippen molar-refractivity contribution in [1.82, 2.24) is 5.32 Å². The number of unbranched alkanes of at least 4 members (excludes halogenated alkanes) is 2. The minimum atomic E-state index is -2.87. The molecule has 0 aromatic heterocycles. The van der Waals surface area contributed by atoms with E-state index in [1.54, 1.807) is 17.8 Å². The Morgan fingerprint density at radius 2 is 1.87 bits per heavy atom. The smallest absolute Gasteiger partial charge is 0.316 e. The lowest BCUT2D eigenvalue weighted by atomic mass is 10.1. The summed E-state index contributed by atoms with van der Waals surface area (Å²) < 4.78 is 42.3. The molecule has 1 atom stereocenters. The van der Waals surface area contributed by atoms with Crippen molar-refractivity contribution in [2.24, 2.45) is 0 Å². The molecule has 0 aliphatic rings. The van der Waals surface area contributed by atoms with Crippen molar-refractivity contribution >= 4 is 20.0 Å². The second-order valence-corrected chi connectivity index (χ2v) is 9.10. The van der Waals surface area contributed by atoms with Gasteiger partial charge in [-0.25, -0.2) is 8.78 Å². The van der Waals surface area contributed by atoms with E-state index in [2.05, 4.69) is 9.84 Å². The van der Waals surface area contributed by atoms with Gasteiger partial charge in [-0.2, -0.15) is 0 Å². The van der Waals surface area contributed by atoms with Crippen LogP contribution in [-0.4, -0.2) is 23.8 Å². The summed E-state index contributed by atoms with van der Waals surface area (Å²) in [5.74, 6) is 0.519. The molecule has 0 bridgehead atoms. The largest absolute Gasteiger partial charge is 0.326 e. The molecule has 0 aliphatic heterocycles. The number of hydrogen-bond donors (Lipinski definition) is 2. The Bertz CT molecular complexity index is 806. The highest BCUT2D eigenvalue weighted by molar-refractivity contribution is 7.99. The van der Waals surface area contributed by atoms with Crippen LogP contribution >= 0.6 is 20.0 Å². The Morgan fingerprint density at radius 1 is 1.10 bits per heavy atom. The minimum Gasteiger partial charge on any atom is -0.326 e. The molecule has 2 rings (SSSR count). The highest BCUT2D eigenvalue weighted by Crippen LogP contribution is 2.26. The zero-order valence-corrected chi connectivity index (χ0v) is 19.1. The molecular formula is C22H30F2NO3PS. The molecule has 2 aromatic carbocycles. The fourth-order valence-electron chi connectivity index (χ4n) is 3.03. The lowest BCUT2D eigenvalue weighted by Crippen LogP contribution is -2.17. The molecule has 2 N–H and O–H groups in total. The molecule has 4 nitrogen and oxygen atoms in total. The number of halogens is 2. The van der Waals surface area contributed by atoms with Gasteiger partial charge in [-0.15, -0.1) is 11.8 Å². The van der Waals surface area contributed by atoms with Crippen LogP contribution in [0.2, 0.25) is 0 Å². The van der Waals surface area contributed by atoms with Crippen molar-refractivity contribution in [2.45, 2.75) is 50.5 Å². The molecule has 8 heteroatoms. The van der Waals surface area contributed by atoms with Crippen molar-refractivity contribution in [3.05, 3.63) is 64.7 Å². The van der Waals surface area contributed by atoms with Crippen LogP contribution in [0, 0.1) is 18.6 Å². The zero-order valence-electron chi connectivity index (χ0n) is 17.3. The Balaban J connectivity index is 1.65. The summed E-state index contributed by atoms with van der Waals surface area (Å²) in [4.78, 5) is 9.55. The second kappa shape index (κ2) is 13.9. The maximum atomic E-state index is 14.4. The summed E-state index contributed by atoms with van der Waals surface area (Å²) in [6.45, 7) is 3.20. The monoisotopic (exact) mass is 457 g/mol. The van der Waals surface area contributed by atoms with E-state index in [9.17, 15) is 13.3 Å². The molecule has 2 aromatic rings. The topological polar surface area (TPSA) is 58.6 Å². The summed E-state index contributed by atoms with van der Waals surface area (Å²) in [5.41, 5.74) is 2.84. The van der Waals surface area contributed by atoms with Crippen LogP contribution in [0.25, 0.3) is 0 Å². The maximum Gasteiger partial charge on any atom is 0.316 e. The fourth-order valence-corrected chi connectivity index (χ4v) is 4.40. The first-order valence-corrected chi connectivity index (χ1v) is 12.4. The molecule has 0 radical (unpaired) electrons. The first-order chi connectivity index (χ1) is 14.5. The summed E-state index contributed by atoms with van der Waals surface area (Å²) in [6, 6.07) is 10.1. The first kappa shape index (κ1) is 25.0. The van der Waals surface area contributed by atoms with Crippen molar-refractivity contribution in [3.8, 4) is 0 Å². The van der Waals surface area contributed by atoms with Gasteiger partial charge in [0.15, 0.2) is 0 Å². The van der Waals surface area contributed by atoms with Crippen molar-refractivity contribution in [3.63, 3.8) is 0 Å². The van der Waals surface area contributed by atoms with E-state index in [1.807, 2.05) is 25.1 Å². The Hall–Kier alpha value is -1.24. The van der Waals surface area contributed by atoms with E-state index in [4.69, 9.17) is 4.89 Å². The van der Waals surface area contributed by atoms with Gasteiger partial charge in [-0.1, -0.05) is 24.6 Å². The molecule has 0 saturated heterocycles. The Kier molecular flexibility index (Phi) is 11.6. The summed E-state index contributed by atoms with van der Waals surface area (Å²) in [6.07, 6.45) is 4.74. The SMILES string of the molecule is Cc1cc(CNCCCO[PH](=O)O)c(F)cc1SCCCCCc1ccc(F)cc1. The highest BCUT2D eigenvalue weighted by Gasteiger charge is 2.08. The second-order valence-electron chi connectivity index (χ2n) is 7.14. The molecule has 0 amide bonds. The molecular weight excluding hydrogens is 427 g/mol. The van der Waals surface area contributed by atoms with E-state index < -0.39 is 8.25 Å². The van der Waals surface area contributed by atoms with E-state index in [0.717, 1.165) is 47.5 Å². The maximum absolute atomic E-state index is 14.4. The van der Waals surface area contributed by atoms with E-state index in [0.29, 0.717) is 25.1 Å². The third kappa shape index (κ3) is 9.71. The van der Waals surface area contributed by atoms with Crippen LogP contribution in [0.15, 0.2) is 41.3 Å². The van der Waals surface area contributed by atoms with Gasteiger partial charge in [0.2, 0.25) is 0 Å². The van der Waals surface area contributed by atoms with Crippen LogP contribution in [0.3, 0.4) is 0 Å². The van der Waals surface area contributed by atoms with Gasteiger partial charge in [-0.3, -0.25) is 4.57 Å². The van der Waals surface area contributed by atoms with E-state index >= 15 is 0 Å². The lowest BCUT2D eigenvalue weighted by molar-refractivity contribution is 0.276. The zero-order chi connectivity index (χ0) is 21.8. The molecule has 166 valence electrons. The number of rotatable bonds is 14. The molecule has 0 heterocycles. The van der Waals surface area contributed by atoms with Gasteiger partial charge in [0, 0.05) is 17.0 Å². The summed E-state index contributed by atoms with van der Waals surface area (Å²) >= 11 is 1.68. The van der Waals surface area contributed by atoms with Crippen LogP contribution in [-0.2, 0) is 22.1 Å². The average Bonchev–Trinajstić information content (AvgIpc) is 2.71. The van der Waals surface area contributed by atoms with Gasteiger partial charge in [-0.05, 0) is 74.2 Å². The molecule has 1 unspecified atom stereocenters. The third-order valence-corrected chi connectivity index (χ3v) is 6.36. The van der Waals surface area contributed by atoms with Crippen LogP contribution in [0.1, 0.15) is 42.4 Å². The molecule has 30 heavy (non-hydrogen) atoms. The van der Waals surface area contributed by atoms with Crippen LogP contribution < -0.4 is 5.32 Å². The molecule has 0 fully saturated rings. The predicted molar refractivity (Wildman–Crippen MR) is 119 cm³/mol. The summed E-state index contributed by atoms with van der Waals surface area (Å²) in [7, 11) is -2.87. The fraction of sp³-hybridized carbons (Fsp3) is 0.455. The standard InChI is InChI=1S/C22H30F2NO3PS/c1-17-14-19(16-25-11-5-12-28-29(26)27)21(24)15-22(17)30-13-4-2-3-6-18-7-9-20(23)10-8-18/h7-10,14-15,25,29H,2-6,11-13,16H2,1H3,(H,26,27). The van der Waals surface area contributed by atoms with Gasteiger partial charge in [0.1, 0.15) is 11.6 Å². The van der Waals surface area contributed by atoms with Crippen LogP contribution in [0.5, 0.6) is 0 Å². The Labute approximate surface area is 182 Å². The van der Waals surface area contributed by atoms with Crippen molar-refractivity contribution in [2.75, 3.05) is 18.9 Å². The quantitative estimate of drug-likeness (QED) is 0.218. The Morgan fingerprint density at radius 3 is 2.60 bits per heavy atom. The van der Waals surface area contributed by atoms with E-state index in [1.165, 1.54) is 12.1 Å². The summed E-state index contributed by atoms with van der Waals surface area (Å²) in [5, 5.41) is 3.13. The van der Waals surface area contributed by atoms with Crippen LogP contribution in [0.4, 0.5) is 8.78 Å². The molecule has 0 spiro atoms. The van der Waals surface area contributed by atoms with Crippen molar-refractivity contribution < 1.29 is 22.8 Å². The third-order valence-electron chi connectivity index (χ3n) is 4.66.